The molecule has 1 atom stereocenters. The van der Waals surface area contributed by atoms with E-state index in [-0.39, 0.29) is 11.1 Å². The van der Waals surface area contributed by atoms with Crippen LogP contribution < -0.4 is 15.8 Å². The van der Waals surface area contributed by atoms with Gasteiger partial charge in [-0.3, -0.25) is 0 Å². The molecule has 1 aliphatic heterocycles. The second-order valence-electron chi connectivity index (χ2n) is 6.27. The van der Waals surface area contributed by atoms with Crippen LogP contribution in [0.3, 0.4) is 0 Å². The van der Waals surface area contributed by atoms with Crippen LogP contribution in [0.15, 0.2) is 48.5 Å². The van der Waals surface area contributed by atoms with Gasteiger partial charge in [-0.2, -0.15) is 0 Å². The molecule has 3 N–H and O–H groups in total. The molecule has 1 saturated heterocycles. The minimum atomic E-state index is -0.447. The number of hydrogen-bond acceptors (Lipinski definition) is 4. The van der Waals surface area contributed by atoms with Gasteiger partial charge in [-0.15, -0.1) is 0 Å². The Labute approximate surface area is 155 Å². The van der Waals surface area contributed by atoms with Gasteiger partial charge < -0.3 is 20.5 Å². The third-order valence-corrected chi connectivity index (χ3v) is 4.68. The molecule has 0 aromatic heterocycles. The third kappa shape index (κ3) is 3.41. The van der Waals surface area contributed by atoms with Crippen molar-refractivity contribution in [3.8, 4) is 5.75 Å². The van der Waals surface area contributed by atoms with Crippen LogP contribution in [0, 0.1) is 5.82 Å². The van der Waals surface area contributed by atoms with Gasteiger partial charge in [-0.25, -0.2) is 4.39 Å². The van der Waals surface area contributed by atoms with Crippen molar-refractivity contribution in [1.82, 2.24) is 0 Å². The number of rotatable bonds is 4. The van der Waals surface area contributed by atoms with Crippen LogP contribution in [0.4, 0.5) is 21.5 Å². The van der Waals surface area contributed by atoms with E-state index in [1.165, 1.54) is 6.07 Å². The molecule has 3 aromatic carbocycles. The Bertz CT molecular complexity index is 958. The first-order chi connectivity index (χ1) is 12.6. The molecule has 1 unspecified atom stereocenters. The maximum atomic E-state index is 13.4. The van der Waals surface area contributed by atoms with Crippen molar-refractivity contribution in [2.45, 2.75) is 12.5 Å². The number of benzene rings is 3. The average Bonchev–Trinajstić information content (AvgIpc) is 3.13. The Hall–Kier alpha value is -2.50. The van der Waals surface area contributed by atoms with E-state index in [9.17, 15) is 4.39 Å². The lowest BCUT2D eigenvalue weighted by Crippen LogP contribution is -2.16. The van der Waals surface area contributed by atoms with Gasteiger partial charge in [-0.05, 0) is 41.8 Å². The van der Waals surface area contributed by atoms with Crippen molar-refractivity contribution in [3.63, 3.8) is 0 Å². The standard InChI is InChI=1S/C20H18ClFN2O2/c21-16-9-13(4-5-17(16)22)24-19-3-1-2-12-8-20(18(23)10-15(12)19)26-14-6-7-25-11-14/h1-5,8-10,14,24H,6-7,11,23H2. The van der Waals surface area contributed by atoms with Gasteiger partial charge in [0.05, 0.1) is 23.9 Å². The molecule has 4 rings (SSSR count). The molecule has 1 fully saturated rings. The van der Waals surface area contributed by atoms with E-state index < -0.39 is 5.82 Å². The highest BCUT2D eigenvalue weighted by molar-refractivity contribution is 6.31. The van der Waals surface area contributed by atoms with Crippen molar-refractivity contribution in [2.75, 3.05) is 24.3 Å². The van der Waals surface area contributed by atoms with Gasteiger partial charge in [-0.1, -0.05) is 23.7 Å². The molecule has 0 saturated carbocycles. The van der Waals surface area contributed by atoms with Gasteiger partial charge >= 0.3 is 0 Å². The summed E-state index contributed by atoms with van der Waals surface area (Å²) in [6.07, 6.45) is 0.905. The summed E-state index contributed by atoms with van der Waals surface area (Å²) < 4.78 is 24.7. The predicted octanol–water partition coefficient (Wildman–Crippen LogP) is 5.13. The highest BCUT2D eigenvalue weighted by Crippen LogP contribution is 2.35. The maximum Gasteiger partial charge on any atom is 0.143 e. The number of fused-ring (bicyclic) bond motifs is 1. The summed E-state index contributed by atoms with van der Waals surface area (Å²) in [6.45, 7) is 1.30. The van der Waals surface area contributed by atoms with E-state index in [0.717, 1.165) is 22.9 Å². The maximum absolute atomic E-state index is 13.4. The summed E-state index contributed by atoms with van der Waals surface area (Å²) in [7, 11) is 0. The summed E-state index contributed by atoms with van der Waals surface area (Å²) in [5.74, 6) is 0.215. The van der Waals surface area contributed by atoms with E-state index in [2.05, 4.69) is 5.32 Å². The van der Waals surface area contributed by atoms with Gasteiger partial charge in [0.25, 0.3) is 0 Å². The SMILES string of the molecule is Nc1cc2c(Nc3ccc(F)c(Cl)c3)cccc2cc1OC1CCOC1. The van der Waals surface area contributed by atoms with Crippen LogP contribution in [0.2, 0.25) is 5.02 Å². The highest BCUT2D eigenvalue weighted by atomic mass is 35.5. The molecule has 26 heavy (non-hydrogen) atoms. The Morgan fingerprint density at radius 2 is 2.08 bits per heavy atom. The van der Waals surface area contributed by atoms with E-state index in [4.69, 9.17) is 26.8 Å². The fourth-order valence-electron chi connectivity index (χ4n) is 3.05. The summed E-state index contributed by atoms with van der Waals surface area (Å²) in [6, 6.07) is 14.2. The number of nitrogens with one attached hydrogen (secondary N) is 1. The monoisotopic (exact) mass is 372 g/mol. The first-order valence-electron chi connectivity index (χ1n) is 8.39. The molecule has 4 nitrogen and oxygen atoms in total. The van der Waals surface area contributed by atoms with Gasteiger partial charge in [0, 0.05) is 23.2 Å². The van der Waals surface area contributed by atoms with Crippen molar-refractivity contribution in [3.05, 3.63) is 59.4 Å². The van der Waals surface area contributed by atoms with Crippen LogP contribution in [0.1, 0.15) is 6.42 Å². The molecule has 0 spiro atoms. The van der Waals surface area contributed by atoms with Crippen molar-refractivity contribution in [1.29, 1.82) is 0 Å². The number of hydrogen-bond donors (Lipinski definition) is 2. The lowest BCUT2D eigenvalue weighted by atomic mass is 10.1. The Morgan fingerprint density at radius 1 is 1.19 bits per heavy atom. The topological polar surface area (TPSA) is 56.5 Å². The quantitative estimate of drug-likeness (QED) is 0.624. The molecule has 134 valence electrons. The zero-order valence-corrected chi connectivity index (χ0v) is 14.7. The molecule has 6 heteroatoms. The van der Waals surface area contributed by atoms with Crippen molar-refractivity contribution in [2.24, 2.45) is 0 Å². The fraction of sp³-hybridized carbons (Fsp3) is 0.200. The highest BCUT2D eigenvalue weighted by Gasteiger charge is 2.18. The number of halogens is 2. The largest absolute Gasteiger partial charge is 0.486 e. The summed E-state index contributed by atoms with van der Waals surface area (Å²) in [4.78, 5) is 0. The fourth-order valence-corrected chi connectivity index (χ4v) is 3.23. The number of ether oxygens (including phenoxy) is 2. The van der Waals surface area contributed by atoms with Crippen LogP contribution in [-0.2, 0) is 4.74 Å². The smallest absolute Gasteiger partial charge is 0.143 e. The zero-order chi connectivity index (χ0) is 18.1. The number of nitrogen functional groups attached to an aromatic ring is 1. The molecule has 0 bridgehead atoms. The van der Waals surface area contributed by atoms with Gasteiger partial charge in [0.2, 0.25) is 0 Å². The molecule has 1 aliphatic rings. The Kier molecular flexibility index (Phi) is 4.57. The van der Waals surface area contributed by atoms with Gasteiger partial charge in [0.1, 0.15) is 17.7 Å². The van der Waals surface area contributed by atoms with Crippen LogP contribution >= 0.6 is 11.6 Å². The molecule has 0 aliphatic carbocycles. The minimum absolute atomic E-state index is 0.0393. The molecular weight excluding hydrogens is 355 g/mol. The number of nitrogens with two attached hydrogens (primary N) is 1. The lowest BCUT2D eigenvalue weighted by molar-refractivity contribution is 0.142. The average molecular weight is 373 g/mol. The summed E-state index contributed by atoms with van der Waals surface area (Å²) >= 11 is 5.86. The van der Waals surface area contributed by atoms with Gasteiger partial charge in [0.15, 0.2) is 0 Å². The summed E-state index contributed by atoms with van der Waals surface area (Å²) in [5, 5.41) is 5.28. The molecule has 0 radical (unpaired) electrons. The third-order valence-electron chi connectivity index (χ3n) is 4.39. The van der Waals surface area contributed by atoms with Crippen molar-refractivity contribution >= 4 is 39.4 Å². The first-order valence-corrected chi connectivity index (χ1v) is 8.77. The van der Waals surface area contributed by atoms with Crippen LogP contribution in [-0.4, -0.2) is 19.3 Å². The minimum Gasteiger partial charge on any atom is -0.486 e. The van der Waals surface area contributed by atoms with Crippen molar-refractivity contribution < 1.29 is 13.9 Å². The van der Waals surface area contributed by atoms with E-state index in [1.54, 1.807) is 12.1 Å². The van der Waals surface area contributed by atoms with Crippen LogP contribution in [0.25, 0.3) is 10.8 Å². The summed E-state index contributed by atoms with van der Waals surface area (Å²) in [5.41, 5.74) is 8.33. The Morgan fingerprint density at radius 3 is 2.85 bits per heavy atom. The molecular formula is C20H18ClFN2O2. The van der Waals surface area contributed by atoms with E-state index in [0.29, 0.717) is 30.3 Å². The lowest BCUT2D eigenvalue weighted by Gasteiger charge is -2.16. The normalized spacial score (nSPS) is 16.8. The Balaban J connectivity index is 1.67. The molecule has 1 heterocycles. The second-order valence-corrected chi connectivity index (χ2v) is 6.68. The predicted molar refractivity (Wildman–Crippen MR) is 103 cm³/mol. The van der Waals surface area contributed by atoms with E-state index >= 15 is 0 Å². The first kappa shape index (κ1) is 16.9. The second kappa shape index (κ2) is 7.02. The van der Waals surface area contributed by atoms with E-state index in [1.807, 2.05) is 30.3 Å². The van der Waals surface area contributed by atoms with Crippen LogP contribution in [0.5, 0.6) is 5.75 Å². The molecule has 3 aromatic rings. The number of anilines is 3. The zero-order valence-electron chi connectivity index (χ0n) is 14.0. The molecule has 0 amide bonds.